The van der Waals surface area contributed by atoms with E-state index >= 15 is 0 Å². The number of aromatic nitrogens is 2. The number of amides is 1. The highest BCUT2D eigenvalue weighted by molar-refractivity contribution is 5.91. The molecule has 0 bridgehead atoms. The van der Waals surface area contributed by atoms with E-state index in [9.17, 15) is 4.79 Å². The maximum atomic E-state index is 11.2. The molecule has 0 aliphatic rings. The Balaban J connectivity index is 2.32. The van der Waals surface area contributed by atoms with Crippen molar-refractivity contribution in [3.8, 4) is 11.4 Å². The van der Waals surface area contributed by atoms with E-state index in [1.165, 1.54) is 7.05 Å². The topological polar surface area (TPSA) is 68.0 Å². The van der Waals surface area contributed by atoms with Crippen LogP contribution < -0.4 is 5.32 Å². The van der Waals surface area contributed by atoms with E-state index in [2.05, 4.69) is 15.5 Å². The number of pyridine rings is 1. The van der Waals surface area contributed by atoms with Crippen molar-refractivity contribution in [1.29, 1.82) is 0 Å². The molecule has 0 spiro atoms. The summed E-state index contributed by atoms with van der Waals surface area (Å²) in [7, 11) is 1.53. The Morgan fingerprint density at radius 3 is 2.93 bits per heavy atom. The smallest absolute Gasteiger partial charge is 0.289 e. The Morgan fingerprint density at radius 2 is 2.27 bits per heavy atom. The third kappa shape index (κ3) is 1.85. The maximum absolute atomic E-state index is 11.2. The Hall–Kier alpha value is -2.17. The van der Waals surface area contributed by atoms with Crippen molar-refractivity contribution < 1.29 is 9.32 Å². The van der Waals surface area contributed by atoms with Gasteiger partial charge >= 0.3 is 0 Å². The first-order valence-corrected chi connectivity index (χ1v) is 4.41. The predicted octanol–water partition coefficient (Wildman–Crippen LogP) is 1.10. The third-order valence-electron chi connectivity index (χ3n) is 1.89. The second kappa shape index (κ2) is 3.91. The summed E-state index contributed by atoms with van der Waals surface area (Å²) in [6.07, 6.45) is 1.66. The first-order valence-electron chi connectivity index (χ1n) is 4.41. The molecule has 5 nitrogen and oxygen atoms in total. The third-order valence-corrected chi connectivity index (χ3v) is 1.89. The summed E-state index contributed by atoms with van der Waals surface area (Å²) >= 11 is 0. The summed E-state index contributed by atoms with van der Waals surface area (Å²) < 4.78 is 4.87. The molecule has 0 saturated heterocycles. The second-order valence-electron chi connectivity index (χ2n) is 2.87. The Bertz CT molecular complexity index is 465. The van der Waals surface area contributed by atoms with Crippen molar-refractivity contribution in [1.82, 2.24) is 15.5 Å². The lowest BCUT2D eigenvalue weighted by Crippen LogP contribution is -2.16. The van der Waals surface area contributed by atoms with Crippen LogP contribution in [0.3, 0.4) is 0 Å². The Morgan fingerprint density at radius 1 is 1.40 bits per heavy atom. The van der Waals surface area contributed by atoms with Crippen LogP contribution in [0, 0.1) is 0 Å². The van der Waals surface area contributed by atoms with E-state index in [1.54, 1.807) is 18.3 Å². The molecular formula is C10H9N3O2. The summed E-state index contributed by atoms with van der Waals surface area (Å²) in [4.78, 5) is 15.3. The monoisotopic (exact) mass is 203 g/mol. The molecular weight excluding hydrogens is 194 g/mol. The molecule has 1 N–H and O–H groups in total. The summed E-state index contributed by atoms with van der Waals surface area (Å²) in [5.74, 6) is -0.122. The number of rotatable bonds is 2. The van der Waals surface area contributed by atoms with E-state index in [0.29, 0.717) is 11.4 Å². The van der Waals surface area contributed by atoms with Gasteiger partial charge in [0.25, 0.3) is 5.91 Å². The molecule has 1 amide bonds. The van der Waals surface area contributed by atoms with Gasteiger partial charge in [0, 0.05) is 19.3 Å². The highest BCUT2D eigenvalue weighted by Crippen LogP contribution is 2.15. The van der Waals surface area contributed by atoms with Crippen LogP contribution in [-0.2, 0) is 0 Å². The minimum Gasteiger partial charge on any atom is -0.352 e. The lowest BCUT2D eigenvalue weighted by Gasteiger charge is -1.90. The van der Waals surface area contributed by atoms with E-state index in [4.69, 9.17) is 4.52 Å². The molecule has 76 valence electrons. The molecule has 2 rings (SSSR count). The zero-order chi connectivity index (χ0) is 10.7. The molecule has 0 fully saturated rings. The van der Waals surface area contributed by atoms with Gasteiger partial charge in [-0.05, 0) is 12.1 Å². The first kappa shape index (κ1) is 9.39. The van der Waals surface area contributed by atoms with Gasteiger partial charge in [0.2, 0.25) is 5.76 Å². The highest BCUT2D eigenvalue weighted by Gasteiger charge is 2.12. The van der Waals surface area contributed by atoms with Gasteiger partial charge in [0.05, 0.1) is 5.69 Å². The zero-order valence-electron chi connectivity index (χ0n) is 8.10. The van der Waals surface area contributed by atoms with Crippen LogP contribution in [0.15, 0.2) is 35.0 Å². The molecule has 0 aromatic carbocycles. The van der Waals surface area contributed by atoms with Gasteiger partial charge < -0.3 is 9.84 Å². The van der Waals surface area contributed by atoms with E-state index in [1.807, 2.05) is 12.1 Å². The second-order valence-corrected chi connectivity index (χ2v) is 2.87. The molecule has 2 heterocycles. The lowest BCUT2D eigenvalue weighted by atomic mass is 10.2. The predicted molar refractivity (Wildman–Crippen MR) is 53.1 cm³/mol. The van der Waals surface area contributed by atoms with Crippen molar-refractivity contribution in [2.45, 2.75) is 0 Å². The van der Waals surface area contributed by atoms with Gasteiger partial charge in [-0.1, -0.05) is 11.2 Å². The van der Waals surface area contributed by atoms with Gasteiger partial charge in [0.1, 0.15) is 5.69 Å². The minimum atomic E-state index is -0.301. The summed E-state index contributed by atoms with van der Waals surface area (Å²) in [6, 6.07) is 7.01. The van der Waals surface area contributed by atoms with Crippen LogP contribution in [-0.4, -0.2) is 23.1 Å². The zero-order valence-corrected chi connectivity index (χ0v) is 8.10. The molecule has 2 aromatic heterocycles. The van der Waals surface area contributed by atoms with Crippen LogP contribution in [0.5, 0.6) is 0 Å². The normalized spacial score (nSPS) is 9.93. The van der Waals surface area contributed by atoms with E-state index in [-0.39, 0.29) is 11.7 Å². The lowest BCUT2D eigenvalue weighted by molar-refractivity contribution is 0.0926. The molecule has 0 radical (unpaired) electrons. The number of hydrogen-bond donors (Lipinski definition) is 1. The van der Waals surface area contributed by atoms with Gasteiger partial charge in [-0.15, -0.1) is 0 Å². The van der Waals surface area contributed by atoms with Crippen LogP contribution in [0.4, 0.5) is 0 Å². The summed E-state index contributed by atoms with van der Waals surface area (Å²) in [5.41, 5.74) is 1.23. The van der Waals surface area contributed by atoms with Crippen molar-refractivity contribution >= 4 is 5.91 Å². The molecule has 15 heavy (non-hydrogen) atoms. The SMILES string of the molecule is CNC(=O)c1cc(-c2ccccn2)no1. The molecule has 2 aromatic rings. The van der Waals surface area contributed by atoms with Crippen LogP contribution >= 0.6 is 0 Å². The fraction of sp³-hybridized carbons (Fsp3) is 0.100. The number of carbonyl (C=O) groups is 1. The Kier molecular flexibility index (Phi) is 2.45. The summed E-state index contributed by atoms with van der Waals surface area (Å²) in [6.45, 7) is 0. The average molecular weight is 203 g/mol. The number of carbonyl (C=O) groups excluding carboxylic acids is 1. The van der Waals surface area contributed by atoms with E-state index in [0.717, 1.165) is 0 Å². The van der Waals surface area contributed by atoms with Crippen molar-refractivity contribution in [2.24, 2.45) is 0 Å². The van der Waals surface area contributed by atoms with E-state index < -0.39 is 0 Å². The molecule has 5 heteroatoms. The first-order chi connectivity index (χ1) is 7.31. The number of nitrogens with one attached hydrogen (secondary N) is 1. The largest absolute Gasteiger partial charge is 0.352 e. The molecule has 0 unspecified atom stereocenters. The van der Waals surface area contributed by atoms with Crippen molar-refractivity contribution in [2.75, 3.05) is 7.05 Å². The van der Waals surface area contributed by atoms with Gasteiger partial charge in [-0.2, -0.15) is 0 Å². The van der Waals surface area contributed by atoms with Gasteiger partial charge in [-0.25, -0.2) is 0 Å². The number of nitrogens with zero attached hydrogens (tertiary/aromatic N) is 2. The fourth-order valence-electron chi connectivity index (χ4n) is 1.14. The average Bonchev–Trinajstić information content (AvgIpc) is 2.78. The van der Waals surface area contributed by atoms with Gasteiger partial charge in [0.15, 0.2) is 0 Å². The Labute approximate surface area is 86.1 Å². The standard InChI is InChI=1S/C10H9N3O2/c1-11-10(14)9-6-8(13-15-9)7-4-2-3-5-12-7/h2-6H,1H3,(H,11,14). The molecule has 0 atom stereocenters. The minimum absolute atomic E-state index is 0.179. The van der Waals surface area contributed by atoms with Crippen LogP contribution in [0.25, 0.3) is 11.4 Å². The highest BCUT2D eigenvalue weighted by atomic mass is 16.5. The molecule has 0 saturated carbocycles. The summed E-state index contributed by atoms with van der Waals surface area (Å²) in [5, 5.41) is 6.21. The maximum Gasteiger partial charge on any atom is 0.289 e. The van der Waals surface area contributed by atoms with Crippen molar-refractivity contribution in [3.63, 3.8) is 0 Å². The molecule has 0 aliphatic carbocycles. The fourth-order valence-corrected chi connectivity index (χ4v) is 1.14. The molecule has 0 aliphatic heterocycles. The quantitative estimate of drug-likeness (QED) is 0.793. The van der Waals surface area contributed by atoms with Gasteiger partial charge in [-0.3, -0.25) is 9.78 Å². The van der Waals surface area contributed by atoms with Crippen molar-refractivity contribution in [3.05, 3.63) is 36.2 Å². The van der Waals surface area contributed by atoms with Crippen LogP contribution in [0.2, 0.25) is 0 Å². The van der Waals surface area contributed by atoms with Crippen LogP contribution in [0.1, 0.15) is 10.6 Å². The number of hydrogen-bond acceptors (Lipinski definition) is 4.